The number of hydrogen-bond donors (Lipinski definition) is 1. The first-order valence-corrected chi connectivity index (χ1v) is 9.92. The Morgan fingerprint density at radius 2 is 1.91 bits per heavy atom. The first kappa shape index (κ1) is 14.6. The van der Waals surface area contributed by atoms with Crippen LogP contribution in [0.25, 0.3) is 0 Å². The number of hydrogen-bond acceptors (Lipinski definition) is 2. The average Bonchev–Trinajstić information content (AvgIpc) is 3.03. The lowest BCUT2D eigenvalue weighted by molar-refractivity contribution is -0.0629. The number of rotatable bonds is 0. The maximum absolute atomic E-state index is 10.0. The Balaban J connectivity index is 1.45. The summed E-state index contributed by atoms with van der Waals surface area (Å²) in [5.74, 6) is 5.72. The van der Waals surface area contributed by atoms with Crippen LogP contribution in [0.5, 0.6) is 0 Å². The van der Waals surface area contributed by atoms with Crippen molar-refractivity contribution in [3.8, 4) is 0 Å². The van der Waals surface area contributed by atoms with Crippen LogP contribution in [0.1, 0.15) is 69.6 Å². The second-order valence-corrected chi connectivity index (χ2v) is 9.15. The average molecular weight is 314 g/mol. The van der Waals surface area contributed by atoms with E-state index in [1.807, 2.05) is 6.26 Å². The lowest BCUT2D eigenvalue weighted by Gasteiger charge is -2.58. The molecule has 5 rings (SSSR count). The SMILES string of the molecule is C[C@]12CC[C@@H]3C4CC[C@H](O)CC4CC[C@H]3[C@@H]1CCc1occc12. The third-order valence-electron chi connectivity index (χ3n) is 8.36. The van der Waals surface area contributed by atoms with Gasteiger partial charge in [-0.3, -0.25) is 0 Å². The van der Waals surface area contributed by atoms with Gasteiger partial charge in [-0.2, -0.15) is 0 Å². The van der Waals surface area contributed by atoms with Gasteiger partial charge in [0.15, 0.2) is 0 Å². The highest BCUT2D eigenvalue weighted by Crippen LogP contribution is 2.60. The predicted molar refractivity (Wildman–Crippen MR) is 90.2 cm³/mol. The first-order chi connectivity index (χ1) is 11.2. The summed E-state index contributed by atoms with van der Waals surface area (Å²) in [6.45, 7) is 2.53. The Morgan fingerprint density at radius 3 is 2.83 bits per heavy atom. The summed E-state index contributed by atoms with van der Waals surface area (Å²) in [5, 5.41) is 10.0. The molecule has 7 atom stereocenters. The lowest BCUT2D eigenvalue weighted by atomic mass is 9.47. The zero-order chi connectivity index (χ0) is 15.6. The van der Waals surface area contributed by atoms with Crippen molar-refractivity contribution in [1.29, 1.82) is 0 Å². The molecule has 23 heavy (non-hydrogen) atoms. The van der Waals surface area contributed by atoms with Gasteiger partial charge in [-0.05, 0) is 98.0 Å². The van der Waals surface area contributed by atoms with Crippen LogP contribution >= 0.6 is 0 Å². The number of fused-ring (bicyclic) bond motifs is 7. The molecule has 0 amide bonds. The molecule has 1 N–H and O–H groups in total. The highest BCUT2D eigenvalue weighted by molar-refractivity contribution is 5.32. The van der Waals surface area contributed by atoms with Crippen LogP contribution in [0.15, 0.2) is 16.7 Å². The van der Waals surface area contributed by atoms with Gasteiger partial charge in [-0.1, -0.05) is 6.92 Å². The Hall–Kier alpha value is -0.760. The van der Waals surface area contributed by atoms with Crippen LogP contribution in [0.2, 0.25) is 0 Å². The largest absolute Gasteiger partial charge is 0.469 e. The van der Waals surface area contributed by atoms with E-state index in [0.717, 1.165) is 48.9 Å². The van der Waals surface area contributed by atoms with Gasteiger partial charge in [0.25, 0.3) is 0 Å². The third kappa shape index (κ3) is 2.03. The van der Waals surface area contributed by atoms with Gasteiger partial charge in [-0.25, -0.2) is 0 Å². The summed E-state index contributed by atoms with van der Waals surface area (Å²) < 4.78 is 5.78. The standard InChI is InChI=1S/C21H30O2/c1-21-10-8-16-15-5-3-14(22)12-13(15)2-4-17(16)18(21)6-7-20-19(21)9-11-23-20/h9,11,13-18,22H,2-8,10,12H2,1H3/t13?,14-,15?,16+,17+,18-,21-/m0/s1. The Morgan fingerprint density at radius 1 is 1.04 bits per heavy atom. The lowest BCUT2D eigenvalue weighted by Crippen LogP contribution is -2.52. The van der Waals surface area contributed by atoms with E-state index >= 15 is 0 Å². The van der Waals surface area contributed by atoms with E-state index in [-0.39, 0.29) is 6.10 Å². The normalized spacial score (nSPS) is 48.8. The first-order valence-electron chi connectivity index (χ1n) is 9.92. The van der Waals surface area contributed by atoms with E-state index < -0.39 is 0 Å². The number of furan rings is 1. The van der Waals surface area contributed by atoms with Crippen LogP contribution in [-0.2, 0) is 11.8 Å². The minimum atomic E-state index is -0.00942. The molecule has 126 valence electrons. The Labute approximate surface area is 139 Å². The molecule has 1 aromatic rings. The second kappa shape index (κ2) is 5.12. The van der Waals surface area contributed by atoms with Gasteiger partial charge in [0.1, 0.15) is 5.76 Å². The zero-order valence-electron chi connectivity index (χ0n) is 14.3. The molecule has 2 unspecified atom stereocenters. The van der Waals surface area contributed by atoms with E-state index in [0.29, 0.717) is 5.41 Å². The van der Waals surface area contributed by atoms with E-state index in [4.69, 9.17) is 4.42 Å². The Kier molecular flexibility index (Phi) is 3.24. The second-order valence-electron chi connectivity index (χ2n) is 9.15. The van der Waals surface area contributed by atoms with Gasteiger partial charge >= 0.3 is 0 Å². The van der Waals surface area contributed by atoms with Crippen LogP contribution in [0, 0.1) is 29.6 Å². The van der Waals surface area contributed by atoms with Crippen LogP contribution < -0.4 is 0 Å². The molecule has 0 aliphatic heterocycles. The highest BCUT2D eigenvalue weighted by atomic mass is 16.3. The van der Waals surface area contributed by atoms with Crippen molar-refractivity contribution >= 4 is 0 Å². The van der Waals surface area contributed by atoms with Gasteiger partial charge in [0, 0.05) is 6.42 Å². The third-order valence-corrected chi connectivity index (χ3v) is 8.36. The van der Waals surface area contributed by atoms with E-state index in [1.54, 1.807) is 0 Å². The fourth-order valence-electron chi connectivity index (χ4n) is 7.35. The monoisotopic (exact) mass is 314 g/mol. The quantitative estimate of drug-likeness (QED) is 0.753. The molecule has 0 bridgehead atoms. The summed E-state index contributed by atoms with van der Waals surface area (Å²) in [6.07, 6.45) is 13.3. The summed E-state index contributed by atoms with van der Waals surface area (Å²) in [7, 11) is 0. The molecule has 4 aliphatic carbocycles. The van der Waals surface area contributed by atoms with Crippen molar-refractivity contribution in [1.82, 2.24) is 0 Å². The van der Waals surface area contributed by atoms with E-state index in [9.17, 15) is 5.11 Å². The van der Waals surface area contributed by atoms with Crippen LogP contribution in [0.4, 0.5) is 0 Å². The van der Waals surface area contributed by atoms with Crippen molar-refractivity contribution < 1.29 is 9.52 Å². The van der Waals surface area contributed by atoms with E-state index in [2.05, 4.69) is 13.0 Å². The molecule has 0 radical (unpaired) electrons. The van der Waals surface area contributed by atoms with Crippen molar-refractivity contribution in [3.05, 3.63) is 23.7 Å². The number of aliphatic hydroxyl groups excluding tert-OH is 1. The van der Waals surface area contributed by atoms with Gasteiger partial charge in [0.2, 0.25) is 0 Å². The maximum Gasteiger partial charge on any atom is 0.107 e. The summed E-state index contributed by atoms with van der Waals surface area (Å²) in [6, 6.07) is 2.27. The van der Waals surface area contributed by atoms with E-state index in [1.165, 1.54) is 49.8 Å². The molecule has 2 nitrogen and oxygen atoms in total. The summed E-state index contributed by atoms with van der Waals surface area (Å²) in [5.41, 5.74) is 1.90. The highest BCUT2D eigenvalue weighted by Gasteiger charge is 2.54. The van der Waals surface area contributed by atoms with Gasteiger partial charge in [0.05, 0.1) is 12.4 Å². The molecule has 0 aromatic carbocycles. The van der Waals surface area contributed by atoms with Crippen molar-refractivity contribution in [2.45, 2.75) is 76.2 Å². The topological polar surface area (TPSA) is 33.4 Å². The maximum atomic E-state index is 10.0. The molecule has 4 aliphatic rings. The molecule has 3 saturated carbocycles. The minimum absolute atomic E-state index is 0.00942. The fraction of sp³-hybridized carbons (Fsp3) is 0.810. The van der Waals surface area contributed by atoms with Crippen LogP contribution in [-0.4, -0.2) is 11.2 Å². The zero-order valence-corrected chi connectivity index (χ0v) is 14.3. The molecular formula is C21H30O2. The van der Waals surface area contributed by atoms with Crippen molar-refractivity contribution in [3.63, 3.8) is 0 Å². The molecular weight excluding hydrogens is 284 g/mol. The number of aliphatic hydroxyl groups is 1. The predicted octanol–water partition coefficient (Wildman–Crippen LogP) is 4.70. The number of aryl methyl sites for hydroxylation is 1. The molecule has 1 heterocycles. The summed E-state index contributed by atoms with van der Waals surface area (Å²) in [4.78, 5) is 0. The van der Waals surface area contributed by atoms with Gasteiger partial charge < -0.3 is 9.52 Å². The molecule has 0 saturated heterocycles. The van der Waals surface area contributed by atoms with Crippen molar-refractivity contribution in [2.24, 2.45) is 29.6 Å². The summed E-state index contributed by atoms with van der Waals surface area (Å²) >= 11 is 0. The fourth-order valence-corrected chi connectivity index (χ4v) is 7.35. The Bertz CT molecular complexity index is 590. The molecule has 2 heteroatoms. The minimum Gasteiger partial charge on any atom is -0.469 e. The smallest absolute Gasteiger partial charge is 0.107 e. The van der Waals surface area contributed by atoms with Crippen LogP contribution in [0.3, 0.4) is 0 Å². The van der Waals surface area contributed by atoms with Gasteiger partial charge in [-0.15, -0.1) is 0 Å². The molecule has 0 spiro atoms. The molecule has 1 aromatic heterocycles. The van der Waals surface area contributed by atoms with Crippen molar-refractivity contribution in [2.75, 3.05) is 0 Å². The molecule has 3 fully saturated rings.